The number of hydrogen-bond donors (Lipinski definition) is 1. The highest BCUT2D eigenvalue weighted by Gasteiger charge is 2.24. The lowest BCUT2D eigenvalue weighted by Gasteiger charge is -2.18. The van der Waals surface area contributed by atoms with Crippen LogP contribution in [-0.4, -0.2) is 20.1 Å². The zero-order valence-electron chi connectivity index (χ0n) is 13.8. The van der Waals surface area contributed by atoms with Crippen molar-refractivity contribution < 1.29 is 5.11 Å². The summed E-state index contributed by atoms with van der Waals surface area (Å²) in [4.78, 5) is 0. The Morgan fingerprint density at radius 1 is 1.17 bits per heavy atom. The lowest BCUT2D eigenvalue weighted by Crippen LogP contribution is -2.14. The predicted molar refractivity (Wildman–Crippen MR) is 95.9 cm³/mol. The van der Waals surface area contributed by atoms with E-state index in [9.17, 15) is 5.11 Å². The van der Waals surface area contributed by atoms with Crippen molar-refractivity contribution in [2.24, 2.45) is 5.92 Å². The van der Waals surface area contributed by atoms with Crippen LogP contribution in [0.1, 0.15) is 32.3 Å². The first-order chi connectivity index (χ1) is 11.4. The Bertz CT molecular complexity index is 889. The monoisotopic (exact) mass is 341 g/mol. The van der Waals surface area contributed by atoms with Gasteiger partial charge in [0.25, 0.3) is 0 Å². The molecule has 0 bridgehead atoms. The Morgan fingerprint density at radius 3 is 2.50 bits per heavy atom. The minimum Gasteiger partial charge on any atom is -0.386 e. The number of fused-ring (bicyclic) bond motifs is 1. The Balaban J connectivity index is 1.73. The molecule has 0 radical (unpaired) electrons. The molecular weight excluding hydrogens is 322 g/mol. The number of aliphatic hydroxyl groups is 1. The van der Waals surface area contributed by atoms with Crippen molar-refractivity contribution >= 4 is 22.6 Å². The van der Waals surface area contributed by atoms with Crippen LogP contribution in [-0.2, 0) is 12.1 Å². The Hall–Kier alpha value is -1.91. The number of hydrogen-bond acceptors (Lipinski definition) is 3. The van der Waals surface area contributed by atoms with Crippen molar-refractivity contribution in [2.45, 2.75) is 38.8 Å². The molecule has 124 valence electrons. The van der Waals surface area contributed by atoms with Crippen molar-refractivity contribution in [3.63, 3.8) is 0 Å². The lowest BCUT2D eigenvalue weighted by atomic mass is 9.95. The third-order valence-corrected chi connectivity index (χ3v) is 5.04. The van der Waals surface area contributed by atoms with Gasteiger partial charge in [0.1, 0.15) is 5.52 Å². The van der Waals surface area contributed by atoms with E-state index in [0.717, 1.165) is 40.2 Å². The van der Waals surface area contributed by atoms with E-state index in [0.29, 0.717) is 5.02 Å². The van der Waals surface area contributed by atoms with Crippen LogP contribution in [0, 0.1) is 5.92 Å². The van der Waals surface area contributed by atoms with E-state index < -0.39 is 5.60 Å². The third-order valence-electron chi connectivity index (χ3n) is 4.66. The van der Waals surface area contributed by atoms with Crippen molar-refractivity contribution in [3.05, 3.63) is 47.0 Å². The summed E-state index contributed by atoms with van der Waals surface area (Å²) in [6.07, 6.45) is 2.56. The van der Waals surface area contributed by atoms with Gasteiger partial charge in [-0.3, -0.25) is 0 Å². The van der Waals surface area contributed by atoms with Crippen LogP contribution in [0.5, 0.6) is 0 Å². The van der Waals surface area contributed by atoms with Gasteiger partial charge in [-0.05, 0) is 49.8 Å². The molecule has 24 heavy (non-hydrogen) atoms. The maximum absolute atomic E-state index is 10.1. The molecule has 1 fully saturated rings. The van der Waals surface area contributed by atoms with Crippen LogP contribution in [0.15, 0.2) is 36.4 Å². The van der Waals surface area contributed by atoms with Gasteiger partial charge in [0.05, 0.1) is 16.1 Å². The second kappa shape index (κ2) is 5.57. The molecule has 0 spiro atoms. The SMILES string of the molecule is CC(C)(O)c1ccc(-c2ccc3c(nnn3CC3CC3)c2Cl)cc1. The second-order valence-electron chi connectivity index (χ2n) is 7.15. The molecule has 5 heteroatoms. The molecule has 1 heterocycles. The predicted octanol–water partition coefficient (Wildman–Crippen LogP) is 4.39. The van der Waals surface area contributed by atoms with E-state index in [1.165, 1.54) is 12.8 Å². The third kappa shape index (κ3) is 2.80. The maximum atomic E-state index is 10.1. The first kappa shape index (κ1) is 15.6. The van der Waals surface area contributed by atoms with Crippen LogP contribution in [0.4, 0.5) is 0 Å². The summed E-state index contributed by atoms with van der Waals surface area (Å²) in [7, 11) is 0. The molecule has 4 rings (SSSR count). The average molecular weight is 342 g/mol. The highest BCUT2D eigenvalue weighted by molar-refractivity contribution is 6.37. The Morgan fingerprint density at radius 2 is 1.88 bits per heavy atom. The van der Waals surface area contributed by atoms with Crippen LogP contribution < -0.4 is 0 Å². The minimum atomic E-state index is -0.849. The van der Waals surface area contributed by atoms with Gasteiger partial charge in [0.2, 0.25) is 0 Å². The normalized spacial score (nSPS) is 15.2. The van der Waals surface area contributed by atoms with Crippen molar-refractivity contribution in [1.29, 1.82) is 0 Å². The van der Waals surface area contributed by atoms with Gasteiger partial charge < -0.3 is 5.11 Å². The number of aromatic nitrogens is 3. The molecule has 0 saturated heterocycles. The fraction of sp³-hybridized carbons (Fsp3) is 0.368. The quantitative estimate of drug-likeness (QED) is 0.765. The maximum Gasteiger partial charge on any atom is 0.132 e. The molecule has 0 unspecified atom stereocenters. The number of halogens is 1. The summed E-state index contributed by atoms with van der Waals surface area (Å²) in [5.41, 5.74) is 3.71. The largest absolute Gasteiger partial charge is 0.386 e. The van der Waals surface area contributed by atoms with Gasteiger partial charge >= 0.3 is 0 Å². The lowest BCUT2D eigenvalue weighted by molar-refractivity contribution is 0.0786. The fourth-order valence-electron chi connectivity index (χ4n) is 2.97. The molecule has 0 amide bonds. The van der Waals surface area contributed by atoms with E-state index in [-0.39, 0.29) is 0 Å². The fourth-order valence-corrected chi connectivity index (χ4v) is 3.27. The summed E-state index contributed by atoms with van der Waals surface area (Å²) in [5.74, 6) is 0.739. The number of benzene rings is 2. The van der Waals surface area contributed by atoms with Gasteiger partial charge in [0, 0.05) is 12.1 Å². The van der Waals surface area contributed by atoms with E-state index in [1.807, 2.05) is 41.1 Å². The van der Waals surface area contributed by atoms with Crippen LogP contribution in [0.3, 0.4) is 0 Å². The molecule has 2 aromatic carbocycles. The van der Waals surface area contributed by atoms with Crippen LogP contribution >= 0.6 is 11.6 Å². The van der Waals surface area contributed by atoms with Crippen LogP contribution in [0.2, 0.25) is 5.02 Å². The van der Waals surface area contributed by atoms with Gasteiger partial charge in [-0.1, -0.05) is 47.1 Å². The van der Waals surface area contributed by atoms with E-state index >= 15 is 0 Å². The second-order valence-corrected chi connectivity index (χ2v) is 7.52. The van der Waals surface area contributed by atoms with Crippen molar-refractivity contribution in [3.8, 4) is 11.1 Å². The first-order valence-electron chi connectivity index (χ1n) is 8.28. The molecule has 1 saturated carbocycles. The van der Waals surface area contributed by atoms with E-state index in [2.05, 4.69) is 10.3 Å². The summed E-state index contributed by atoms with van der Waals surface area (Å²) in [5, 5.41) is 19.3. The van der Waals surface area contributed by atoms with Crippen molar-refractivity contribution in [2.75, 3.05) is 0 Å². The van der Waals surface area contributed by atoms with E-state index in [4.69, 9.17) is 11.6 Å². The van der Waals surface area contributed by atoms with Gasteiger partial charge in [-0.25, -0.2) is 4.68 Å². The molecule has 1 N–H and O–H groups in total. The summed E-state index contributed by atoms with van der Waals surface area (Å²) >= 11 is 6.61. The molecule has 0 aliphatic heterocycles. The smallest absolute Gasteiger partial charge is 0.132 e. The molecule has 1 aromatic heterocycles. The zero-order valence-corrected chi connectivity index (χ0v) is 14.6. The molecule has 0 atom stereocenters. The number of nitrogens with zero attached hydrogens (tertiary/aromatic N) is 3. The average Bonchev–Trinajstić information content (AvgIpc) is 3.26. The topological polar surface area (TPSA) is 50.9 Å². The minimum absolute atomic E-state index is 0.630. The zero-order chi connectivity index (χ0) is 16.9. The van der Waals surface area contributed by atoms with Crippen LogP contribution in [0.25, 0.3) is 22.2 Å². The Labute approximate surface area is 146 Å². The molecule has 1 aliphatic carbocycles. The highest BCUT2D eigenvalue weighted by Crippen LogP contribution is 2.36. The van der Waals surface area contributed by atoms with Gasteiger partial charge in [-0.15, -0.1) is 5.10 Å². The molecular formula is C19H20ClN3O. The summed E-state index contributed by atoms with van der Waals surface area (Å²) in [6.45, 7) is 4.48. The number of rotatable bonds is 4. The molecule has 1 aliphatic rings. The molecule has 4 nitrogen and oxygen atoms in total. The van der Waals surface area contributed by atoms with E-state index in [1.54, 1.807) is 13.8 Å². The summed E-state index contributed by atoms with van der Waals surface area (Å²) in [6, 6.07) is 11.9. The standard InChI is InChI=1S/C19H20ClN3O/c1-19(2,24)14-7-5-13(6-8-14)15-9-10-16-18(17(15)20)21-22-23(16)11-12-3-4-12/h5-10,12,24H,3-4,11H2,1-2H3. The highest BCUT2D eigenvalue weighted by atomic mass is 35.5. The Kier molecular flexibility index (Phi) is 3.62. The van der Waals surface area contributed by atoms with Gasteiger partial charge in [-0.2, -0.15) is 0 Å². The van der Waals surface area contributed by atoms with Crippen molar-refractivity contribution in [1.82, 2.24) is 15.0 Å². The summed E-state index contributed by atoms with van der Waals surface area (Å²) < 4.78 is 1.96. The molecule has 3 aromatic rings. The first-order valence-corrected chi connectivity index (χ1v) is 8.66. The van der Waals surface area contributed by atoms with Gasteiger partial charge in [0.15, 0.2) is 0 Å².